The molecule has 1 N–H and O–H groups in total. The van der Waals surface area contributed by atoms with E-state index in [1.54, 1.807) is 0 Å². The molecule has 5 heteroatoms. The van der Waals surface area contributed by atoms with E-state index in [2.05, 4.69) is 10.2 Å². The third kappa shape index (κ3) is 3.54. The van der Waals surface area contributed by atoms with Gasteiger partial charge in [-0.05, 0) is 24.1 Å². The molecule has 0 aliphatic heterocycles. The zero-order chi connectivity index (χ0) is 14.5. The summed E-state index contributed by atoms with van der Waals surface area (Å²) in [5.74, 6) is 0.0334. The zero-order valence-corrected chi connectivity index (χ0v) is 11.6. The van der Waals surface area contributed by atoms with E-state index >= 15 is 0 Å². The Balaban J connectivity index is 2.11. The molecular weight excluding hydrogens is 254 g/mol. The molecule has 0 atom stereocenters. The number of carboxylic acid groups (broad SMARTS) is 1. The van der Waals surface area contributed by atoms with Gasteiger partial charge in [-0.3, -0.25) is 4.79 Å². The molecule has 104 valence electrons. The van der Waals surface area contributed by atoms with Gasteiger partial charge in [0.15, 0.2) is 5.82 Å². The topological polar surface area (TPSA) is 66.3 Å². The average Bonchev–Trinajstić information content (AvgIpc) is 2.46. The minimum absolute atomic E-state index is 0.149. The zero-order valence-electron chi connectivity index (χ0n) is 11.6. The predicted molar refractivity (Wildman–Crippen MR) is 77.8 cm³/mol. The largest absolute Gasteiger partial charge is 0.481 e. The van der Waals surface area contributed by atoms with E-state index in [1.165, 1.54) is 0 Å². The molecule has 0 saturated heterocycles. The maximum atomic E-state index is 10.5. The molecule has 0 radical (unpaired) electrons. The van der Waals surface area contributed by atoms with Crippen LogP contribution in [0, 0.1) is 0 Å². The Hall–Kier alpha value is -2.43. The lowest BCUT2D eigenvalue weighted by Gasteiger charge is -2.10. The van der Waals surface area contributed by atoms with Gasteiger partial charge >= 0.3 is 5.97 Å². The van der Waals surface area contributed by atoms with Crippen LogP contribution in [0.25, 0.3) is 11.3 Å². The highest BCUT2D eigenvalue weighted by atomic mass is 16.4. The predicted octanol–water partition coefficient (Wildman–Crippen LogP) is 2.23. The number of anilines is 1. The Morgan fingerprint density at radius 3 is 2.30 bits per heavy atom. The molecule has 1 aromatic heterocycles. The number of aromatic nitrogens is 2. The number of nitrogens with zero attached hydrogens (tertiary/aromatic N) is 3. The highest BCUT2D eigenvalue weighted by Crippen LogP contribution is 2.19. The third-order valence-electron chi connectivity index (χ3n) is 2.99. The van der Waals surface area contributed by atoms with E-state index in [0.29, 0.717) is 6.42 Å². The Bertz CT molecular complexity index is 577. The minimum atomic E-state index is -0.779. The Morgan fingerprint density at radius 2 is 1.80 bits per heavy atom. The maximum Gasteiger partial charge on any atom is 0.303 e. The number of carbonyl (C=O) groups is 1. The number of benzene rings is 1. The molecule has 0 fully saturated rings. The van der Waals surface area contributed by atoms with Crippen LogP contribution in [0.3, 0.4) is 0 Å². The fraction of sp³-hybridized carbons (Fsp3) is 0.267. The van der Waals surface area contributed by atoms with Crippen molar-refractivity contribution in [1.82, 2.24) is 10.2 Å². The highest BCUT2D eigenvalue weighted by Gasteiger charge is 2.03. The van der Waals surface area contributed by atoms with Crippen LogP contribution < -0.4 is 4.90 Å². The molecule has 0 spiro atoms. The summed E-state index contributed by atoms with van der Waals surface area (Å²) >= 11 is 0. The van der Waals surface area contributed by atoms with Crippen LogP contribution in [-0.4, -0.2) is 35.4 Å². The quantitative estimate of drug-likeness (QED) is 0.903. The highest BCUT2D eigenvalue weighted by molar-refractivity contribution is 5.67. The van der Waals surface area contributed by atoms with Crippen molar-refractivity contribution in [3.8, 4) is 11.3 Å². The van der Waals surface area contributed by atoms with E-state index in [4.69, 9.17) is 5.11 Å². The van der Waals surface area contributed by atoms with Gasteiger partial charge in [0.25, 0.3) is 0 Å². The second-order valence-corrected chi connectivity index (χ2v) is 4.76. The number of aliphatic carboxylic acids is 1. The Morgan fingerprint density at radius 1 is 1.10 bits per heavy atom. The standard InChI is InChI=1S/C15H17N3O2/c1-18(2)14-9-8-13(16-17-14)12-6-3-11(4-7-12)5-10-15(19)20/h3-4,6-9H,5,10H2,1-2H3,(H,19,20). The number of aryl methyl sites for hydroxylation is 1. The first-order chi connectivity index (χ1) is 9.56. The van der Waals surface area contributed by atoms with Gasteiger partial charge in [0.2, 0.25) is 0 Å². The van der Waals surface area contributed by atoms with Crippen molar-refractivity contribution in [3.63, 3.8) is 0 Å². The summed E-state index contributed by atoms with van der Waals surface area (Å²) in [6.07, 6.45) is 0.692. The molecule has 0 aliphatic carbocycles. The number of hydrogen-bond donors (Lipinski definition) is 1. The molecule has 1 aromatic carbocycles. The second kappa shape index (κ2) is 6.14. The Kier molecular flexibility index (Phi) is 4.30. The molecule has 20 heavy (non-hydrogen) atoms. The summed E-state index contributed by atoms with van der Waals surface area (Å²) in [4.78, 5) is 12.4. The van der Waals surface area contributed by atoms with Crippen molar-refractivity contribution in [2.24, 2.45) is 0 Å². The van der Waals surface area contributed by atoms with Crippen LogP contribution in [-0.2, 0) is 11.2 Å². The van der Waals surface area contributed by atoms with Crippen LogP contribution in [0.2, 0.25) is 0 Å². The van der Waals surface area contributed by atoms with Gasteiger partial charge in [-0.2, -0.15) is 0 Å². The van der Waals surface area contributed by atoms with Gasteiger partial charge in [0.1, 0.15) is 0 Å². The lowest BCUT2D eigenvalue weighted by atomic mass is 10.1. The van der Waals surface area contributed by atoms with Crippen molar-refractivity contribution in [3.05, 3.63) is 42.0 Å². The molecule has 0 unspecified atom stereocenters. The fourth-order valence-corrected chi connectivity index (χ4v) is 1.81. The van der Waals surface area contributed by atoms with Crippen LogP contribution >= 0.6 is 0 Å². The van der Waals surface area contributed by atoms with E-state index in [-0.39, 0.29) is 6.42 Å². The molecule has 2 rings (SSSR count). The van der Waals surface area contributed by atoms with Gasteiger partial charge in [-0.15, -0.1) is 10.2 Å². The summed E-state index contributed by atoms with van der Waals surface area (Å²) in [6, 6.07) is 11.6. The average molecular weight is 271 g/mol. The summed E-state index contributed by atoms with van der Waals surface area (Å²) in [5.41, 5.74) is 2.79. The van der Waals surface area contributed by atoms with Crippen LogP contribution in [0.5, 0.6) is 0 Å². The number of carboxylic acids is 1. The lowest BCUT2D eigenvalue weighted by Crippen LogP contribution is -2.11. The number of rotatable bonds is 5. The molecule has 1 heterocycles. The molecule has 0 aliphatic rings. The van der Waals surface area contributed by atoms with Crippen molar-refractivity contribution in [1.29, 1.82) is 0 Å². The monoisotopic (exact) mass is 271 g/mol. The van der Waals surface area contributed by atoms with Gasteiger partial charge in [0, 0.05) is 26.1 Å². The Labute approximate surface area is 117 Å². The van der Waals surface area contributed by atoms with E-state index in [9.17, 15) is 4.79 Å². The van der Waals surface area contributed by atoms with Crippen molar-refractivity contribution in [2.45, 2.75) is 12.8 Å². The normalized spacial score (nSPS) is 10.3. The molecule has 5 nitrogen and oxygen atoms in total. The van der Waals surface area contributed by atoms with Gasteiger partial charge < -0.3 is 10.0 Å². The number of hydrogen-bond acceptors (Lipinski definition) is 4. The smallest absolute Gasteiger partial charge is 0.303 e. The van der Waals surface area contributed by atoms with E-state index in [0.717, 1.165) is 22.6 Å². The van der Waals surface area contributed by atoms with Crippen LogP contribution in [0.1, 0.15) is 12.0 Å². The van der Waals surface area contributed by atoms with E-state index < -0.39 is 5.97 Å². The molecular formula is C15H17N3O2. The molecule has 0 saturated carbocycles. The van der Waals surface area contributed by atoms with Crippen molar-refractivity contribution >= 4 is 11.8 Å². The molecule has 0 amide bonds. The first-order valence-corrected chi connectivity index (χ1v) is 6.38. The summed E-state index contributed by atoms with van der Waals surface area (Å²) < 4.78 is 0. The van der Waals surface area contributed by atoms with E-state index in [1.807, 2.05) is 55.4 Å². The van der Waals surface area contributed by atoms with Gasteiger partial charge in [0.05, 0.1) is 5.69 Å². The summed E-state index contributed by atoms with van der Waals surface area (Å²) in [6.45, 7) is 0. The SMILES string of the molecule is CN(C)c1ccc(-c2ccc(CCC(=O)O)cc2)nn1. The third-order valence-corrected chi connectivity index (χ3v) is 2.99. The van der Waals surface area contributed by atoms with Gasteiger partial charge in [-0.1, -0.05) is 24.3 Å². The first-order valence-electron chi connectivity index (χ1n) is 6.38. The summed E-state index contributed by atoms with van der Waals surface area (Å²) in [7, 11) is 3.84. The van der Waals surface area contributed by atoms with Gasteiger partial charge in [-0.25, -0.2) is 0 Å². The molecule has 2 aromatic rings. The fourth-order valence-electron chi connectivity index (χ4n) is 1.81. The van der Waals surface area contributed by atoms with Crippen LogP contribution in [0.4, 0.5) is 5.82 Å². The lowest BCUT2D eigenvalue weighted by molar-refractivity contribution is -0.136. The maximum absolute atomic E-state index is 10.5. The first kappa shape index (κ1) is 14.0. The van der Waals surface area contributed by atoms with Crippen LogP contribution in [0.15, 0.2) is 36.4 Å². The summed E-state index contributed by atoms with van der Waals surface area (Å²) in [5, 5.41) is 17.0. The minimum Gasteiger partial charge on any atom is -0.481 e. The molecule has 0 bridgehead atoms. The van der Waals surface area contributed by atoms with Crippen molar-refractivity contribution < 1.29 is 9.90 Å². The van der Waals surface area contributed by atoms with Crippen molar-refractivity contribution in [2.75, 3.05) is 19.0 Å². The second-order valence-electron chi connectivity index (χ2n) is 4.76.